The van der Waals surface area contributed by atoms with E-state index in [0.29, 0.717) is 13.2 Å². The van der Waals surface area contributed by atoms with Crippen molar-refractivity contribution in [3.8, 4) is 0 Å². The summed E-state index contributed by atoms with van der Waals surface area (Å²) in [6.45, 7) is 0.596. The molecule has 0 aliphatic rings. The molecule has 0 saturated carbocycles. The van der Waals surface area contributed by atoms with Gasteiger partial charge < -0.3 is 14.7 Å². The Balaban J connectivity index is 3.41. The molecule has 0 atom stereocenters. The molecule has 4 nitrogen and oxygen atoms in total. The van der Waals surface area contributed by atoms with Crippen LogP contribution in [-0.2, 0) is 9.53 Å². The lowest BCUT2D eigenvalue weighted by Crippen LogP contribution is -2.31. The molecule has 0 heterocycles. The van der Waals surface area contributed by atoms with Crippen LogP contribution in [0.4, 0.5) is 0 Å². The number of likely N-dealkylation sites (N-methyl/N-ethyl adjacent to an activating group) is 1. The van der Waals surface area contributed by atoms with Gasteiger partial charge in [-0.15, -0.1) is 0 Å². The number of nitrogens with zero attached hydrogens (tertiary/aromatic N) is 1. The van der Waals surface area contributed by atoms with Gasteiger partial charge in [-0.3, -0.25) is 4.79 Å². The lowest BCUT2D eigenvalue weighted by molar-refractivity contribution is -0.133. The molecule has 10 heavy (non-hydrogen) atoms. The fourth-order valence-corrected chi connectivity index (χ4v) is 0.474. The number of carbonyl (C=O) groups excluding carboxylic acids is 1. The van der Waals surface area contributed by atoms with E-state index >= 15 is 0 Å². The molecule has 0 rings (SSSR count). The van der Waals surface area contributed by atoms with Crippen LogP contribution in [0.1, 0.15) is 0 Å². The first-order valence-corrected chi connectivity index (χ1v) is 3.06. The summed E-state index contributed by atoms with van der Waals surface area (Å²) in [4.78, 5) is 12.1. The molecule has 1 N–H and O–H groups in total. The number of ether oxygens (including phenoxy) is 1. The van der Waals surface area contributed by atoms with Crippen molar-refractivity contribution in [2.24, 2.45) is 0 Å². The van der Waals surface area contributed by atoms with E-state index < -0.39 is 6.61 Å². The van der Waals surface area contributed by atoms with Crippen molar-refractivity contribution in [3.63, 3.8) is 0 Å². The Morgan fingerprint density at radius 1 is 1.70 bits per heavy atom. The molecule has 4 heteroatoms. The van der Waals surface area contributed by atoms with Crippen LogP contribution in [0.2, 0.25) is 0 Å². The van der Waals surface area contributed by atoms with Crippen LogP contribution in [0.25, 0.3) is 0 Å². The molecule has 1 amide bonds. The number of hydrogen-bond donors (Lipinski definition) is 1. The van der Waals surface area contributed by atoms with Crippen molar-refractivity contribution in [1.29, 1.82) is 0 Å². The number of methoxy groups -OCH3 is 1. The topological polar surface area (TPSA) is 49.8 Å². The van der Waals surface area contributed by atoms with Crippen LogP contribution in [0, 0.1) is 0 Å². The number of carbonyl (C=O) groups is 1. The molecular weight excluding hydrogens is 134 g/mol. The van der Waals surface area contributed by atoms with Crippen LogP contribution < -0.4 is 0 Å². The van der Waals surface area contributed by atoms with Gasteiger partial charge in [0.25, 0.3) is 0 Å². The van der Waals surface area contributed by atoms with Gasteiger partial charge in [-0.25, -0.2) is 0 Å². The molecule has 0 radical (unpaired) electrons. The van der Waals surface area contributed by atoms with Crippen LogP contribution >= 0.6 is 0 Å². The number of aliphatic hydroxyl groups is 1. The SMILES string of the molecule is COCCN(C)C(=O)CO. The summed E-state index contributed by atoms with van der Waals surface area (Å²) in [5, 5.41) is 8.37. The van der Waals surface area contributed by atoms with Gasteiger partial charge in [0, 0.05) is 20.7 Å². The summed E-state index contributed by atoms with van der Waals surface area (Å²) in [5.41, 5.74) is 0. The Labute approximate surface area is 60.4 Å². The average molecular weight is 147 g/mol. The molecule has 0 aromatic carbocycles. The van der Waals surface area contributed by atoms with E-state index in [9.17, 15) is 4.79 Å². The molecule has 60 valence electrons. The number of aliphatic hydroxyl groups excluding tert-OH is 1. The van der Waals surface area contributed by atoms with Crippen LogP contribution in [0.15, 0.2) is 0 Å². The summed E-state index contributed by atoms with van der Waals surface area (Å²) in [6, 6.07) is 0. The van der Waals surface area contributed by atoms with Gasteiger partial charge in [0.15, 0.2) is 0 Å². The summed E-state index contributed by atoms with van der Waals surface area (Å²) in [6.07, 6.45) is 0. The second-order valence-electron chi connectivity index (χ2n) is 1.97. The third kappa shape index (κ3) is 3.42. The summed E-state index contributed by atoms with van der Waals surface area (Å²) in [5.74, 6) is -0.281. The highest BCUT2D eigenvalue weighted by molar-refractivity contribution is 5.76. The molecule has 0 fully saturated rings. The maximum atomic E-state index is 10.6. The van der Waals surface area contributed by atoms with Gasteiger partial charge in [-0.1, -0.05) is 0 Å². The summed E-state index contributed by atoms with van der Waals surface area (Å²) < 4.78 is 4.73. The zero-order chi connectivity index (χ0) is 7.98. The van der Waals surface area contributed by atoms with Crippen LogP contribution in [0.3, 0.4) is 0 Å². The van der Waals surface area contributed by atoms with Crippen molar-refractivity contribution in [3.05, 3.63) is 0 Å². The molecule has 0 saturated heterocycles. The maximum absolute atomic E-state index is 10.6. The molecule has 0 aliphatic carbocycles. The normalized spacial score (nSPS) is 9.50. The predicted molar refractivity (Wildman–Crippen MR) is 36.6 cm³/mol. The molecule has 0 aliphatic heterocycles. The largest absolute Gasteiger partial charge is 0.387 e. The van der Waals surface area contributed by atoms with Gasteiger partial charge in [0.05, 0.1) is 6.61 Å². The maximum Gasteiger partial charge on any atom is 0.248 e. The minimum atomic E-state index is -0.430. The van der Waals surface area contributed by atoms with Gasteiger partial charge in [-0.2, -0.15) is 0 Å². The predicted octanol–water partition coefficient (Wildman–Crippen LogP) is -0.917. The minimum absolute atomic E-state index is 0.281. The third-order valence-electron chi connectivity index (χ3n) is 1.19. The molecule has 0 unspecified atom stereocenters. The van der Waals surface area contributed by atoms with E-state index in [1.54, 1.807) is 14.2 Å². The first kappa shape index (κ1) is 9.39. The highest BCUT2D eigenvalue weighted by atomic mass is 16.5. The fraction of sp³-hybridized carbons (Fsp3) is 0.833. The van der Waals surface area contributed by atoms with Gasteiger partial charge in [-0.05, 0) is 0 Å². The van der Waals surface area contributed by atoms with Crippen LogP contribution in [0.5, 0.6) is 0 Å². The van der Waals surface area contributed by atoms with E-state index in [0.717, 1.165) is 0 Å². The first-order valence-electron chi connectivity index (χ1n) is 3.06. The number of hydrogen-bond acceptors (Lipinski definition) is 3. The smallest absolute Gasteiger partial charge is 0.248 e. The summed E-state index contributed by atoms with van der Waals surface area (Å²) >= 11 is 0. The van der Waals surface area contributed by atoms with Crippen molar-refractivity contribution < 1.29 is 14.6 Å². The van der Waals surface area contributed by atoms with Crippen molar-refractivity contribution in [2.45, 2.75) is 0 Å². The van der Waals surface area contributed by atoms with E-state index in [4.69, 9.17) is 9.84 Å². The number of amides is 1. The minimum Gasteiger partial charge on any atom is -0.387 e. The van der Waals surface area contributed by atoms with Gasteiger partial charge in [0.2, 0.25) is 5.91 Å². The van der Waals surface area contributed by atoms with E-state index in [2.05, 4.69) is 0 Å². The first-order chi connectivity index (χ1) is 4.72. The van der Waals surface area contributed by atoms with Crippen molar-refractivity contribution in [2.75, 3.05) is 33.9 Å². The second kappa shape index (κ2) is 5.20. The van der Waals surface area contributed by atoms with E-state index in [1.807, 2.05) is 0 Å². The average Bonchev–Trinajstić information content (AvgIpc) is 1.98. The Hall–Kier alpha value is -0.610. The Morgan fingerprint density at radius 2 is 2.30 bits per heavy atom. The lowest BCUT2D eigenvalue weighted by atomic mass is 10.5. The quantitative estimate of drug-likeness (QED) is 0.559. The standard InChI is InChI=1S/C6H13NO3/c1-7(3-4-10-2)6(9)5-8/h8H,3-5H2,1-2H3. The Bertz CT molecular complexity index is 105. The monoisotopic (exact) mass is 147 g/mol. The van der Waals surface area contributed by atoms with Crippen molar-refractivity contribution in [1.82, 2.24) is 4.90 Å². The van der Waals surface area contributed by atoms with E-state index in [-0.39, 0.29) is 5.91 Å². The molecule has 0 aromatic rings. The fourth-order valence-electron chi connectivity index (χ4n) is 0.474. The van der Waals surface area contributed by atoms with Crippen LogP contribution in [-0.4, -0.2) is 49.8 Å². The molecular formula is C6H13NO3. The van der Waals surface area contributed by atoms with Gasteiger partial charge in [0.1, 0.15) is 6.61 Å². The highest BCUT2D eigenvalue weighted by Gasteiger charge is 2.04. The van der Waals surface area contributed by atoms with E-state index in [1.165, 1.54) is 4.90 Å². The highest BCUT2D eigenvalue weighted by Crippen LogP contribution is 1.82. The Morgan fingerprint density at radius 3 is 2.70 bits per heavy atom. The molecule has 0 bridgehead atoms. The lowest BCUT2D eigenvalue weighted by Gasteiger charge is -2.14. The zero-order valence-corrected chi connectivity index (χ0v) is 6.33. The van der Waals surface area contributed by atoms with Crippen molar-refractivity contribution >= 4 is 5.91 Å². The molecule has 0 spiro atoms. The van der Waals surface area contributed by atoms with Gasteiger partial charge >= 0.3 is 0 Å². The Kier molecular flexibility index (Phi) is 4.88. The zero-order valence-electron chi connectivity index (χ0n) is 6.33. The third-order valence-corrected chi connectivity index (χ3v) is 1.19. The number of rotatable bonds is 4. The second-order valence-corrected chi connectivity index (χ2v) is 1.97. The molecule has 0 aromatic heterocycles. The summed E-state index contributed by atoms with van der Waals surface area (Å²) in [7, 11) is 3.19.